The second kappa shape index (κ2) is 5.63. The van der Waals surface area contributed by atoms with Gasteiger partial charge in [-0.05, 0) is 65.1 Å². The monoisotopic (exact) mass is 380 g/mol. The standard InChI is InChI=1S/C12H7Cl2IS/c13-8-1-3-9(4-2-8)16-10-5-6-12(15)11(14)7-10/h1-7H. The van der Waals surface area contributed by atoms with Gasteiger partial charge in [-0.1, -0.05) is 35.0 Å². The van der Waals surface area contributed by atoms with Crippen molar-refractivity contribution in [3.63, 3.8) is 0 Å². The molecule has 0 saturated carbocycles. The van der Waals surface area contributed by atoms with Crippen LogP contribution in [0, 0.1) is 3.57 Å². The van der Waals surface area contributed by atoms with E-state index in [9.17, 15) is 0 Å². The first-order valence-corrected chi connectivity index (χ1v) is 7.19. The molecule has 0 saturated heterocycles. The smallest absolute Gasteiger partial charge is 0.0550 e. The topological polar surface area (TPSA) is 0 Å². The highest BCUT2D eigenvalue weighted by molar-refractivity contribution is 14.1. The molecule has 2 rings (SSSR count). The fourth-order valence-corrected chi connectivity index (χ4v) is 2.74. The van der Waals surface area contributed by atoms with Crippen molar-refractivity contribution < 1.29 is 0 Å². The minimum atomic E-state index is 0.755. The van der Waals surface area contributed by atoms with Crippen molar-refractivity contribution in [3.05, 3.63) is 56.1 Å². The van der Waals surface area contributed by atoms with Crippen LogP contribution in [0.25, 0.3) is 0 Å². The van der Waals surface area contributed by atoms with E-state index >= 15 is 0 Å². The van der Waals surface area contributed by atoms with E-state index < -0.39 is 0 Å². The lowest BCUT2D eigenvalue weighted by Gasteiger charge is -2.03. The maximum absolute atomic E-state index is 6.06. The maximum Gasteiger partial charge on any atom is 0.0550 e. The minimum absolute atomic E-state index is 0.755. The largest absolute Gasteiger partial charge is 0.0900 e. The molecule has 0 nitrogen and oxygen atoms in total. The molecule has 0 fully saturated rings. The van der Waals surface area contributed by atoms with Gasteiger partial charge in [0.1, 0.15) is 0 Å². The van der Waals surface area contributed by atoms with Gasteiger partial charge >= 0.3 is 0 Å². The summed E-state index contributed by atoms with van der Waals surface area (Å²) in [6, 6.07) is 13.8. The zero-order valence-corrected chi connectivity index (χ0v) is 12.6. The Morgan fingerprint density at radius 3 is 2.12 bits per heavy atom. The normalized spacial score (nSPS) is 10.4. The third kappa shape index (κ3) is 3.29. The van der Waals surface area contributed by atoms with E-state index in [4.69, 9.17) is 23.2 Å². The Morgan fingerprint density at radius 2 is 1.50 bits per heavy atom. The average molecular weight is 381 g/mol. The summed E-state index contributed by atoms with van der Waals surface area (Å²) in [5, 5.41) is 1.55. The van der Waals surface area contributed by atoms with Crippen molar-refractivity contribution in [1.82, 2.24) is 0 Å². The summed E-state index contributed by atoms with van der Waals surface area (Å²) in [6.07, 6.45) is 0. The van der Waals surface area contributed by atoms with E-state index in [1.54, 1.807) is 11.8 Å². The lowest BCUT2D eigenvalue weighted by atomic mass is 10.4. The molecule has 0 bridgehead atoms. The number of hydrogen-bond donors (Lipinski definition) is 0. The molecule has 0 radical (unpaired) electrons. The van der Waals surface area contributed by atoms with Crippen LogP contribution in [-0.2, 0) is 0 Å². The van der Waals surface area contributed by atoms with Crippen LogP contribution in [0.4, 0.5) is 0 Å². The van der Waals surface area contributed by atoms with Gasteiger partial charge in [0.15, 0.2) is 0 Å². The molecule has 0 aliphatic carbocycles. The lowest BCUT2D eigenvalue weighted by molar-refractivity contribution is 1.40. The van der Waals surface area contributed by atoms with Crippen LogP contribution in [0.15, 0.2) is 52.3 Å². The summed E-state index contributed by atoms with van der Waals surface area (Å²) < 4.78 is 1.07. The summed E-state index contributed by atoms with van der Waals surface area (Å²) in [7, 11) is 0. The predicted molar refractivity (Wildman–Crippen MR) is 79.7 cm³/mol. The first-order chi connectivity index (χ1) is 7.65. The van der Waals surface area contributed by atoms with Crippen LogP contribution < -0.4 is 0 Å². The first-order valence-electron chi connectivity index (χ1n) is 4.53. The fraction of sp³-hybridized carbons (Fsp3) is 0. The van der Waals surface area contributed by atoms with Gasteiger partial charge in [-0.25, -0.2) is 0 Å². The molecule has 82 valence electrons. The van der Waals surface area contributed by atoms with Gasteiger partial charge in [0.05, 0.1) is 5.02 Å². The molecular formula is C12H7Cl2IS. The van der Waals surface area contributed by atoms with Crippen molar-refractivity contribution in [2.75, 3.05) is 0 Å². The maximum atomic E-state index is 6.06. The SMILES string of the molecule is Clc1ccc(Sc2ccc(I)c(Cl)c2)cc1. The van der Waals surface area contributed by atoms with Gasteiger partial charge in [0, 0.05) is 18.4 Å². The van der Waals surface area contributed by atoms with Gasteiger partial charge in [-0.2, -0.15) is 0 Å². The molecule has 0 spiro atoms. The third-order valence-corrected chi connectivity index (χ3v) is 4.76. The molecule has 0 heterocycles. The van der Waals surface area contributed by atoms with Crippen LogP contribution in [0.2, 0.25) is 10.0 Å². The summed E-state index contributed by atoms with van der Waals surface area (Å²) in [6.45, 7) is 0. The molecule has 2 aromatic rings. The molecule has 0 aliphatic rings. The quantitative estimate of drug-likeness (QED) is 0.597. The summed E-state index contributed by atoms with van der Waals surface area (Å²) in [4.78, 5) is 2.29. The van der Waals surface area contributed by atoms with Crippen molar-refractivity contribution in [2.24, 2.45) is 0 Å². The molecule has 0 N–H and O–H groups in total. The Kier molecular flexibility index (Phi) is 4.41. The first kappa shape index (κ1) is 12.6. The van der Waals surface area contributed by atoms with Crippen molar-refractivity contribution in [1.29, 1.82) is 0 Å². The Bertz CT molecular complexity index is 497. The Morgan fingerprint density at radius 1 is 0.875 bits per heavy atom. The van der Waals surface area contributed by atoms with Crippen LogP contribution in [0.5, 0.6) is 0 Å². The second-order valence-corrected chi connectivity index (χ2v) is 6.28. The van der Waals surface area contributed by atoms with E-state index in [0.29, 0.717) is 0 Å². The fourth-order valence-electron chi connectivity index (χ4n) is 1.18. The minimum Gasteiger partial charge on any atom is -0.0900 e. The zero-order chi connectivity index (χ0) is 11.5. The highest BCUT2D eigenvalue weighted by atomic mass is 127. The number of rotatable bonds is 2. The summed E-state index contributed by atoms with van der Waals surface area (Å²) in [5.41, 5.74) is 0. The summed E-state index contributed by atoms with van der Waals surface area (Å²) >= 11 is 15.8. The lowest BCUT2D eigenvalue weighted by Crippen LogP contribution is -1.77. The van der Waals surface area contributed by atoms with E-state index in [1.807, 2.05) is 36.4 Å². The van der Waals surface area contributed by atoms with Gasteiger partial charge in [-0.15, -0.1) is 0 Å². The number of hydrogen-bond acceptors (Lipinski definition) is 1. The van der Waals surface area contributed by atoms with Crippen LogP contribution >= 0.6 is 57.6 Å². The van der Waals surface area contributed by atoms with E-state index in [2.05, 4.69) is 28.7 Å². The molecule has 16 heavy (non-hydrogen) atoms. The van der Waals surface area contributed by atoms with E-state index in [-0.39, 0.29) is 0 Å². The summed E-state index contributed by atoms with van der Waals surface area (Å²) in [5.74, 6) is 0. The molecule has 4 heteroatoms. The Hall–Kier alpha value is 0.1000. The molecule has 0 aromatic heterocycles. The molecule has 0 atom stereocenters. The predicted octanol–water partition coefficient (Wildman–Crippen LogP) is 5.75. The number of benzene rings is 2. The van der Waals surface area contributed by atoms with Crippen LogP contribution in [0.3, 0.4) is 0 Å². The van der Waals surface area contributed by atoms with E-state index in [1.165, 1.54) is 0 Å². The average Bonchev–Trinajstić information content (AvgIpc) is 2.27. The molecule has 0 unspecified atom stereocenters. The van der Waals surface area contributed by atoms with Gasteiger partial charge in [0.2, 0.25) is 0 Å². The molecular weight excluding hydrogens is 374 g/mol. The second-order valence-electron chi connectivity index (χ2n) is 3.13. The van der Waals surface area contributed by atoms with Gasteiger partial charge in [0.25, 0.3) is 0 Å². The van der Waals surface area contributed by atoms with Crippen LogP contribution in [0.1, 0.15) is 0 Å². The Labute approximate surface area is 122 Å². The number of halogens is 3. The molecule has 2 aromatic carbocycles. The highest BCUT2D eigenvalue weighted by Crippen LogP contribution is 2.31. The van der Waals surface area contributed by atoms with E-state index in [0.717, 1.165) is 23.4 Å². The van der Waals surface area contributed by atoms with Gasteiger partial charge < -0.3 is 0 Å². The van der Waals surface area contributed by atoms with Crippen molar-refractivity contribution in [3.8, 4) is 0 Å². The van der Waals surface area contributed by atoms with Crippen molar-refractivity contribution >= 4 is 57.6 Å². The molecule has 0 aliphatic heterocycles. The highest BCUT2D eigenvalue weighted by Gasteiger charge is 2.01. The molecule has 0 amide bonds. The zero-order valence-electron chi connectivity index (χ0n) is 8.08. The van der Waals surface area contributed by atoms with Crippen LogP contribution in [-0.4, -0.2) is 0 Å². The van der Waals surface area contributed by atoms with Crippen molar-refractivity contribution in [2.45, 2.75) is 9.79 Å². The Balaban J connectivity index is 2.20. The van der Waals surface area contributed by atoms with Gasteiger partial charge in [-0.3, -0.25) is 0 Å². The third-order valence-electron chi connectivity index (χ3n) is 1.94.